The zero-order valence-electron chi connectivity index (χ0n) is 8.96. The van der Waals surface area contributed by atoms with Crippen LogP contribution >= 0.6 is 0 Å². The van der Waals surface area contributed by atoms with E-state index in [1.54, 1.807) is 0 Å². The van der Waals surface area contributed by atoms with E-state index in [0.717, 1.165) is 19.3 Å². The van der Waals surface area contributed by atoms with Gasteiger partial charge in [-0.15, -0.1) is 0 Å². The van der Waals surface area contributed by atoms with Crippen molar-refractivity contribution in [1.82, 2.24) is 5.32 Å². The molecule has 0 aliphatic carbocycles. The lowest BCUT2D eigenvalue weighted by atomic mass is 10.1. The molecule has 84 valence electrons. The predicted molar refractivity (Wildman–Crippen MR) is 56.8 cm³/mol. The van der Waals surface area contributed by atoms with Crippen LogP contribution in [0.5, 0.6) is 0 Å². The molecule has 0 radical (unpaired) electrons. The number of unbranched alkanes of at least 4 members (excludes halogenated alkanes) is 2. The molecule has 0 aliphatic heterocycles. The second-order valence-electron chi connectivity index (χ2n) is 3.68. The van der Waals surface area contributed by atoms with Gasteiger partial charge in [-0.1, -0.05) is 6.92 Å². The van der Waals surface area contributed by atoms with Crippen molar-refractivity contribution in [2.45, 2.75) is 32.6 Å². The second kappa shape index (κ2) is 8.97. The Morgan fingerprint density at radius 1 is 1.43 bits per heavy atom. The molecule has 0 saturated heterocycles. The summed E-state index contributed by atoms with van der Waals surface area (Å²) in [4.78, 5) is 11.2. The van der Waals surface area contributed by atoms with Gasteiger partial charge in [0.15, 0.2) is 0 Å². The summed E-state index contributed by atoms with van der Waals surface area (Å²) in [5.74, 6) is 0.333. The van der Waals surface area contributed by atoms with Crippen LogP contribution in [0.3, 0.4) is 0 Å². The zero-order chi connectivity index (χ0) is 10.8. The lowest BCUT2D eigenvalue weighted by molar-refractivity contribution is -0.121. The number of carbonyl (C=O) groups is 1. The maximum absolute atomic E-state index is 11.2. The van der Waals surface area contributed by atoms with Crippen molar-refractivity contribution in [3.63, 3.8) is 0 Å². The van der Waals surface area contributed by atoms with E-state index in [1.807, 2.05) is 6.92 Å². The first kappa shape index (κ1) is 13.4. The Bertz CT molecular complexity index is 151. The van der Waals surface area contributed by atoms with Crippen LogP contribution in [0.15, 0.2) is 0 Å². The van der Waals surface area contributed by atoms with E-state index in [9.17, 15) is 4.79 Å². The summed E-state index contributed by atoms with van der Waals surface area (Å²) in [6, 6.07) is 0. The summed E-state index contributed by atoms with van der Waals surface area (Å²) >= 11 is 0. The molecule has 14 heavy (non-hydrogen) atoms. The van der Waals surface area contributed by atoms with Crippen molar-refractivity contribution in [2.24, 2.45) is 11.7 Å². The number of hydrogen-bond donors (Lipinski definition) is 3. The molecule has 0 fully saturated rings. The normalized spacial score (nSPS) is 12.5. The van der Waals surface area contributed by atoms with E-state index in [2.05, 4.69) is 5.32 Å². The second-order valence-corrected chi connectivity index (χ2v) is 3.68. The van der Waals surface area contributed by atoms with Crippen LogP contribution in [-0.2, 0) is 4.79 Å². The Hall–Kier alpha value is -0.610. The molecule has 4 nitrogen and oxygen atoms in total. The van der Waals surface area contributed by atoms with Gasteiger partial charge in [-0.05, 0) is 31.7 Å². The number of aliphatic hydroxyl groups excluding tert-OH is 1. The largest absolute Gasteiger partial charge is 0.396 e. The third-order valence-electron chi connectivity index (χ3n) is 2.09. The van der Waals surface area contributed by atoms with Gasteiger partial charge in [-0.3, -0.25) is 4.79 Å². The van der Waals surface area contributed by atoms with Crippen molar-refractivity contribution in [3.05, 3.63) is 0 Å². The molecule has 0 aromatic heterocycles. The molecule has 4 N–H and O–H groups in total. The molecule has 0 bridgehead atoms. The first-order valence-electron chi connectivity index (χ1n) is 5.28. The standard InChI is InChI=1S/C10H22N2O2/c1-9(8-11)7-10(14)12-5-3-2-4-6-13/h9,13H,2-8,11H2,1H3,(H,12,14). The lowest BCUT2D eigenvalue weighted by Crippen LogP contribution is -2.27. The Labute approximate surface area is 85.9 Å². The lowest BCUT2D eigenvalue weighted by Gasteiger charge is -2.08. The molecule has 4 heteroatoms. The van der Waals surface area contributed by atoms with Crippen LogP contribution in [0.1, 0.15) is 32.6 Å². The van der Waals surface area contributed by atoms with E-state index in [-0.39, 0.29) is 18.4 Å². The minimum absolute atomic E-state index is 0.0759. The van der Waals surface area contributed by atoms with Crippen molar-refractivity contribution in [3.8, 4) is 0 Å². The third-order valence-corrected chi connectivity index (χ3v) is 2.09. The van der Waals surface area contributed by atoms with Crippen molar-refractivity contribution in [1.29, 1.82) is 0 Å². The Balaban J connectivity index is 3.27. The van der Waals surface area contributed by atoms with Gasteiger partial charge in [0.2, 0.25) is 5.91 Å². The Kier molecular flexibility index (Phi) is 8.57. The number of aliphatic hydroxyl groups is 1. The van der Waals surface area contributed by atoms with E-state index in [4.69, 9.17) is 10.8 Å². The summed E-state index contributed by atoms with van der Waals surface area (Å²) < 4.78 is 0. The molecule has 1 atom stereocenters. The molecule has 1 amide bonds. The average molecular weight is 202 g/mol. The fraction of sp³-hybridized carbons (Fsp3) is 0.900. The minimum Gasteiger partial charge on any atom is -0.396 e. The van der Waals surface area contributed by atoms with Crippen molar-refractivity contribution in [2.75, 3.05) is 19.7 Å². The molecule has 0 spiro atoms. The SMILES string of the molecule is CC(CN)CC(=O)NCCCCCO. The highest BCUT2D eigenvalue weighted by Crippen LogP contribution is 1.98. The van der Waals surface area contributed by atoms with E-state index >= 15 is 0 Å². The monoisotopic (exact) mass is 202 g/mol. The minimum atomic E-state index is 0.0759. The third kappa shape index (κ3) is 8.01. The molecule has 0 heterocycles. The van der Waals surface area contributed by atoms with Gasteiger partial charge in [0.1, 0.15) is 0 Å². The van der Waals surface area contributed by atoms with Crippen molar-refractivity contribution < 1.29 is 9.90 Å². The summed E-state index contributed by atoms with van der Waals surface area (Å²) in [5, 5.41) is 11.4. The highest BCUT2D eigenvalue weighted by atomic mass is 16.2. The van der Waals surface area contributed by atoms with Gasteiger partial charge in [-0.25, -0.2) is 0 Å². The molecular formula is C10H22N2O2. The average Bonchev–Trinajstić information content (AvgIpc) is 2.17. The first-order valence-corrected chi connectivity index (χ1v) is 5.28. The number of nitrogens with one attached hydrogen (secondary N) is 1. The molecule has 0 aromatic carbocycles. The number of nitrogens with two attached hydrogens (primary N) is 1. The van der Waals surface area contributed by atoms with Crippen LogP contribution < -0.4 is 11.1 Å². The van der Waals surface area contributed by atoms with Gasteiger partial charge < -0.3 is 16.2 Å². The van der Waals surface area contributed by atoms with E-state index in [1.165, 1.54) is 0 Å². The topological polar surface area (TPSA) is 75.4 Å². The fourth-order valence-electron chi connectivity index (χ4n) is 1.11. The van der Waals surface area contributed by atoms with Gasteiger partial charge in [0.05, 0.1) is 0 Å². The number of rotatable bonds is 8. The van der Waals surface area contributed by atoms with Crippen LogP contribution in [0.2, 0.25) is 0 Å². The predicted octanol–water partition coefficient (Wildman–Crippen LogP) is 0.250. The maximum Gasteiger partial charge on any atom is 0.220 e. The van der Waals surface area contributed by atoms with Crippen LogP contribution in [-0.4, -0.2) is 30.7 Å². The molecular weight excluding hydrogens is 180 g/mol. The Morgan fingerprint density at radius 3 is 2.71 bits per heavy atom. The fourth-order valence-corrected chi connectivity index (χ4v) is 1.11. The van der Waals surface area contributed by atoms with Crippen LogP contribution in [0.4, 0.5) is 0 Å². The van der Waals surface area contributed by atoms with Gasteiger partial charge in [-0.2, -0.15) is 0 Å². The summed E-state index contributed by atoms with van der Waals surface area (Å²) in [6.07, 6.45) is 3.22. The summed E-state index contributed by atoms with van der Waals surface area (Å²) in [6.45, 7) is 3.46. The van der Waals surface area contributed by atoms with Gasteiger partial charge in [0.25, 0.3) is 0 Å². The smallest absolute Gasteiger partial charge is 0.220 e. The maximum atomic E-state index is 11.2. The number of amides is 1. The quantitative estimate of drug-likeness (QED) is 0.494. The molecule has 0 aromatic rings. The first-order chi connectivity index (χ1) is 6.70. The molecule has 0 rings (SSSR count). The van der Waals surface area contributed by atoms with Crippen molar-refractivity contribution >= 4 is 5.91 Å². The Morgan fingerprint density at radius 2 is 2.14 bits per heavy atom. The van der Waals surface area contributed by atoms with E-state index < -0.39 is 0 Å². The van der Waals surface area contributed by atoms with Gasteiger partial charge in [0, 0.05) is 19.6 Å². The molecule has 0 aliphatic rings. The zero-order valence-corrected chi connectivity index (χ0v) is 8.96. The molecule has 0 saturated carbocycles. The highest BCUT2D eigenvalue weighted by Gasteiger charge is 2.05. The summed E-state index contributed by atoms with van der Waals surface area (Å²) in [7, 11) is 0. The van der Waals surface area contributed by atoms with Gasteiger partial charge >= 0.3 is 0 Å². The highest BCUT2D eigenvalue weighted by molar-refractivity contribution is 5.76. The molecule has 1 unspecified atom stereocenters. The van der Waals surface area contributed by atoms with E-state index in [0.29, 0.717) is 19.5 Å². The van der Waals surface area contributed by atoms with Crippen LogP contribution in [0, 0.1) is 5.92 Å². The summed E-state index contributed by atoms with van der Waals surface area (Å²) in [5.41, 5.74) is 5.41. The number of hydrogen-bond acceptors (Lipinski definition) is 3. The number of carbonyl (C=O) groups excluding carboxylic acids is 1. The van der Waals surface area contributed by atoms with Crippen LogP contribution in [0.25, 0.3) is 0 Å².